The lowest BCUT2D eigenvalue weighted by molar-refractivity contribution is -0.181. The van der Waals surface area contributed by atoms with Crippen LogP contribution in [0.15, 0.2) is 12.4 Å². The van der Waals surface area contributed by atoms with Gasteiger partial charge in [0.05, 0.1) is 13.2 Å². The van der Waals surface area contributed by atoms with Crippen molar-refractivity contribution in [3.05, 3.63) is 18.1 Å². The van der Waals surface area contributed by atoms with E-state index in [1.54, 1.807) is 6.07 Å². The highest BCUT2D eigenvalue weighted by atomic mass is 16.7. The van der Waals surface area contributed by atoms with Gasteiger partial charge < -0.3 is 19.7 Å². The van der Waals surface area contributed by atoms with Gasteiger partial charge in [0, 0.05) is 38.0 Å². The zero-order chi connectivity index (χ0) is 16.3. The van der Waals surface area contributed by atoms with Gasteiger partial charge in [-0.25, -0.2) is 9.97 Å². The van der Waals surface area contributed by atoms with Gasteiger partial charge >= 0.3 is 0 Å². The fourth-order valence-corrected chi connectivity index (χ4v) is 2.91. The van der Waals surface area contributed by atoms with Gasteiger partial charge in [-0.2, -0.15) is 0 Å². The van der Waals surface area contributed by atoms with Crippen LogP contribution < -0.4 is 5.32 Å². The maximum atomic E-state index is 12.6. The van der Waals surface area contributed by atoms with Crippen molar-refractivity contribution in [3.63, 3.8) is 0 Å². The lowest BCUT2D eigenvalue weighted by Gasteiger charge is -2.37. The monoisotopic (exact) mass is 320 g/mol. The summed E-state index contributed by atoms with van der Waals surface area (Å²) in [6.45, 7) is 6.71. The number of nitrogens with zero attached hydrogens (tertiary/aromatic N) is 3. The normalized spacial score (nSPS) is 21.4. The second kappa shape index (κ2) is 6.80. The van der Waals surface area contributed by atoms with Crippen molar-refractivity contribution >= 4 is 11.7 Å². The molecule has 1 atom stereocenters. The molecule has 1 aromatic heterocycles. The lowest BCUT2D eigenvalue weighted by Crippen LogP contribution is -2.47. The third kappa shape index (κ3) is 3.61. The van der Waals surface area contributed by atoms with Gasteiger partial charge in [0.2, 0.25) is 0 Å². The molecule has 0 aromatic carbocycles. The van der Waals surface area contributed by atoms with E-state index in [4.69, 9.17) is 9.47 Å². The van der Waals surface area contributed by atoms with Crippen molar-refractivity contribution in [3.8, 4) is 0 Å². The third-order valence-corrected chi connectivity index (χ3v) is 4.52. The van der Waals surface area contributed by atoms with Crippen molar-refractivity contribution in [1.82, 2.24) is 14.9 Å². The molecule has 23 heavy (non-hydrogen) atoms. The summed E-state index contributed by atoms with van der Waals surface area (Å²) in [5.41, 5.74) is 0.426. The maximum absolute atomic E-state index is 12.6. The molecule has 126 valence electrons. The Morgan fingerprint density at radius 3 is 2.70 bits per heavy atom. The van der Waals surface area contributed by atoms with E-state index >= 15 is 0 Å². The summed E-state index contributed by atoms with van der Waals surface area (Å²) in [6.07, 6.45) is 3.84. The largest absolute Gasteiger partial charge is 0.368 e. The average Bonchev–Trinajstić information content (AvgIpc) is 3.03. The number of nitrogens with one attached hydrogen (secondary N) is 1. The van der Waals surface area contributed by atoms with E-state index in [1.807, 2.05) is 4.90 Å². The van der Waals surface area contributed by atoms with Crippen LogP contribution in [-0.4, -0.2) is 58.9 Å². The number of carbonyl (C=O) groups excluding carboxylic acids is 1. The van der Waals surface area contributed by atoms with Crippen molar-refractivity contribution in [2.24, 2.45) is 0 Å². The molecular formula is C16H24N4O3. The molecule has 0 saturated carbocycles. The first-order valence-electron chi connectivity index (χ1n) is 8.28. The molecule has 3 rings (SSSR count). The Kier molecular flexibility index (Phi) is 4.77. The molecule has 1 aromatic rings. The average molecular weight is 320 g/mol. The molecule has 3 heterocycles. The Hall–Kier alpha value is -1.73. The zero-order valence-electron chi connectivity index (χ0n) is 13.7. The number of anilines is 1. The summed E-state index contributed by atoms with van der Waals surface area (Å²) in [4.78, 5) is 22.8. The van der Waals surface area contributed by atoms with Crippen LogP contribution in [-0.2, 0) is 9.47 Å². The summed E-state index contributed by atoms with van der Waals surface area (Å²) in [5.74, 6) is 0.159. The highest BCUT2D eigenvalue weighted by Crippen LogP contribution is 2.31. The molecule has 1 unspecified atom stereocenters. The second-order valence-electron chi connectivity index (χ2n) is 6.14. The summed E-state index contributed by atoms with van der Waals surface area (Å²) >= 11 is 0. The van der Waals surface area contributed by atoms with E-state index in [0.29, 0.717) is 56.7 Å². The summed E-state index contributed by atoms with van der Waals surface area (Å²) in [6, 6.07) is 2.03. The SMILES string of the molecule is CCC(C)Nc1cc(C(=O)N2CCC3(CC2)OCCO3)ncn1. The van der Waals surface area contributed by atoms with E-state index in [-0.39, 0.29) is 5.91 Å². The summed E-state index contributed by atoms with van der Waals surface area (Å²) in [7, 11) is 0. The van der Waals surface area contributed by atoms with Crippen molar-refractivity contribution in [2.75, 3.05) is 31.6 Å². The number of carbonyl (C=O) groups is 1. The van der Waals surface area contributed by atoms with E-state index in [0.717, 1.165) is 6.42 Å². The topological polar surface area (TPSA) is 76.6 Å². The number of amides is 1. The van der Waals surface area contributed by atoms with Gasteiger partial charge in [0.15, 0.2) is 5.79 Å². The molecule has 7 nitrogen and oxygen atoms in total. The number of hydrogen-bond acceptors (Lipinski definition) is 6. The first-order valence-corrected chi connectivity index (χ1v) is 8.28. The van der Waals surface area contributed by atoms with Crippen molar-refractivity contribution < 1.29 is 14.3 Å². The molecule has 2 aliphatic rings. The number of hydrogen-bond donors (Lipinski definition) is 1. The third-order valence-electron chi connectivity index (χ3n) is 4.52. The smallest absolute Gasteiger partial charge is 0.272 e. The van der Waals surface area contributed by atoms with Crippen LogP contribution in [0.25, 0.3) is 0 Å². The first kappa shape index (κ1) is 16.1. The molecule has 0 bridgehead atoms. The van der Waals surface area contributed by atoms with Gasteiger partial charge in [-0.1, -0.05) is 6.92 Å². The Labute approximate surface area is 136 Å². The van der Waals surface area contributed by atoms with Gasteiger partial charge in [-0.05, 0) is 13.3 Å². The minimum Gasteiger partial charge on any atom is -0.368 e. The maximum Gasteiger partial charge on any atom is 0.272 e. The van der Waals surface area contributed by atoms with Crippen LogP contribution in [0, 0.1) is 0 Å². The fraction of sp³-hybridized carbons (Fsp3) is 0.688. The predicted octanol–water partition coefficient (Wildman–Crippen LogP) is 1.67. The van der Waals surface area contributed by atoms with Gasteiger partial charge in [0.1, 0.15) is 17.8 Å². The number of aromatic nitrogens is 2. The molecule has 1 N–H and O–H groups in total. The Bertz CT molecular complexity index is 550. The predicted molar refractivity (Wildman–Crippen MR) is 85.2 cm³/mol. The molecule has 2 saturated heterocycles. The van der Waals surface area contributed by atoms with Crippen LogP contribution in [0.4, 0.5) is 5.82 Å². The second-order valence-corrected chi connectivity index (χ2v) is 6.14. The molecule has 7 heteroatoms. The molecule has 2 fully saturated rings. The Morgan fingerprint density at radius 1 is 1.35 bits per heavy atom. The highest BCUT2D eigenvalue weighted by molar-refractivity contribution is 5.93. The van der Waals surface area contributed by atoms with E-state index in [9.17, 15) is 4.79 Å². The number of ether oxygens (including phenoxy) is 2. The first-order chi connectivity index (χ1) is 11.1. The van der Waals surface area contributed by atoms with Crippen molar-refractivity contribution in [2.45, 2.75) is 44.9 Å². The molecular weight excluding hydrogens is 296 g/mol. The molecule has 0 aliphatic carbocycles. The van der Waals surface area contributed by atoms with Crippen LogP contribution in [0.5, 0.6) is 0 Å². The minimum atomic E-state index is -0.467. The highest BCUT2D eigenvalue weighted by Gasteiger charge is 2.41. The van der Waals surface area contributed by atoms with E-state index in [1.165, 1.54) is 6.33 Å². The quantitative estimate of drug-likeness (QED) is 0.909. The van der Waals surface area contributed by atoms with Gasteiger partial charge in [-0.3, -0.25) is 4.79 Å². The van der Waals surface area contributed by atoms with Crippen molar-refractivity contribution in [1.29, 1.82) is 0 Å². The molecule has 0 radical (unpaired) electrons. The summed E-state index contributed by atoms with van der Waals surface area (Å²) < 4.78 is 11.4. The number of piperidine rings is 1. The Morgan fingerprint density at radius 2 is 2.04 bits per heavy atom. The van der Waals surface area contributed by atoms with E-state index < -0.39 is 5.79 Å². The summed E-state index contributed by atoms with van der Waals surface area (Å²) in [5, 5.41) is 3.27. The van der Waals surface area contributed by atoms with Crippen LogP contribution in [0.2, 0.25) is 0 Å². The van der Waals surface area contributed by atoms with Crippen LogP contribution in [0.1, 0.15) is 43.6 Å². The van der Waals surface area contributed by atoms with Crippen LogP contribution >= 0.6 is 0 Å². The number of likely N-dealkylation sites (tertiary alicyclic amines) is 1. The fourth-order valence-electron chi connectivity index (χ4n) is 2.91. The van der Waals surface area contributed by atoms with Gasteiger partial charge in [0.25, 0.3) is 5.91 Å². The van der Waals surface area contributed by atoms with Crippen LogP contribution in [0.3, 0.4) is 0 Å². The molecule has 1 spiro atoms. The zero-order valence-corrected chi connectivity index (χ0v) is 13.7. The van der Waals surface area contributed by atoms with Gasteiger partial charge in [-0.15, -0.1) is 0 Å². The Balaban J connectivity index is 1.63. The van der Waals surface area contributed by atoms with E-state index in [2.05, 4.69) is 29.1 Å². The lowest BCUT2D eigenvalue weighted by atomic mass is 10.0. The standard InChI is InChI=1S/C16H24N4O3/c1-3-12(2)19-14-10-13(17-11-18-14)15(21)20-6-4-16(5-7-20)22-8-9-23-16/h10-12H,3-9H2,1-2H3,(H,17,18,19). The minimum absolute atomic E-state index is 0.0625. The number of rotatable bonds is 4. The molecule has 1 amide bonds. The molecule has 2 aliphatic heterocycles.